The van der Waals surface area contributed by atoms with E-state index in [0.717, 1.165) is 56.4 Å². The molecule has 5 nitrogen and oxygen atoms in total. The fraction of sp³-hybridized carbons (Fsp3) is 0.727. The fourth-order valence-corrected chi connectivity index (χ4v) is 6.30. The summed E-state index contributed by atoms with van der Waals surface area (Å²) >= 11 is 1.61. The van der Waals surface area contributed by atoms with Gasteiger partial charge >= 0.3 is 0 Å². The Morgan fingerprint density at radius 3 is 2.43 bits per heavy atom. The van der Waals surface area contributed by atoms with Crippen LogP contribution in [0.1, 0.15) is 58.6 Å². The van der Waals surface area contributed by atoms with Crippen LogP contribution < -0.4 is 0 Å². The third-order valence-corrected chi connectivity index (χ3v) is 7.99. The van der Waals surface area contributed by atoms with Gasteiger partial charge in [0.1, 0.15) is 0 Å². The van der Waals surface area contributed by atoms with Crippen molar-refractivity contribution in [2.45, 2.75) is 57.4 Å². The van der Waals surface area contributed by atoms with E-state index in [9.17, 15) is 9.59 Å². The van der Waals surface area contributed by atoms with E-state index in [4.69, 9.17) is 0 Å². The minimum Gasteiger partial charge on any atom is -0.344 e. The van der Waals surface area contributed by atoms with Gasteiger partial charge in [-0.1, -0.05) is 19.3 Å². The Labute approximate surface area is 172 Å². The lowest BCUT2D eigenvalue weighted by Crippen LogP contribution is -2.53. The average Bonchev–Trinajstić information content (AvgIpc) is 3.16. The van der Waals surface area contributed by atoms with Crippen LogP contribution >= 0.6 is 11.3 Å². The van der Waals surface area contributed by atoms with Crippen molar-refractivity contribution in [3.63, 3.8) is 0 Å². The van der Waals surface area contributed by atoms with E-state index in [1.807, 2.05) is 6.07 Å². The summed E-state index contributed by atoms with van der Waals surface area (Å²) in [5, 5.41) is 0. The van der Waals surface area contributed by atoms with Crippen molar-refractivity contribution in [2.75, 3.05) is 40.3 Å². The van der Waals surface area contributed by atoms with Gasteiger partial charge in [-0.2, -0.15) is 0 Å². The van der Waals surface area contributed by atoms with Gasteiger partial charge in [0.2, 0.25) is 5.91 Å². The number of hydrogen-bond donors (Lipinski definition) is 0. The molecular weight excluding hydrogens is 370 g/mol. The third kappa shape index (κ3) is 4.13. The van der Waals surface area contributed by atoms with Crippen LogP contribution in [0.3, 0.4) is 0 Å². The van der Waals surface area contributed by atoms with Crippen LogP contribution in [0.4, 0.5) is 0 Å². The van der Waals surface area contributed by atoms with E-state index in [1.54, 1.807) is 30.3 Å². The van der Waals surface area contributed by atoms with Gasteiger partial charge in [0, 0.05) is 57.1 Å². The maximum Gasteiger partial charge on any atom is 0.263 e. The smallest absolute Gasteiger partial charge is 0.263 e. The van der Waals surface area contributed by atoms with Crippen LogP contribution in [0.15, 0.2) is 6.07 Å². The number of carbonyl (C=O) groups excluding carboxylic acids is 2. The number of fused-ring (bicyclic) bond motifs is 1. The number of carbonyl (C=O) groups is 2. The first-order valence-corrected chi connectivity index (χ1v) is 11.7. The minimum atomic E-state index is 0.0705. The van der Waals surface area contributed by atoms with Gasteiger partial charge in [-0.25, -0.2) is 0 Å². The maximum atomic E-state index is 13.1. The quantitative estimate of drug-likeness (QED) is 0.779. The molecule has 1 saturated carbocycles. The predicted octanol–water partition coefficient (Wildman–Crippen LogP) is 3.03. The molecule has 0 bridgehead atoms. The summed E-state index contributed by atoms with van der Waals surface area (Å²) in [6.07, 6.45) is 9.46. The lowest BCUT2D eigenvalue weighted by Gasteiger charge is -2.41. The van der Waals surface area contributed by atoms with Crippen molar-refractivity contribution in [3.8, 4) is 0 Å². The molecule has 1 atom stereocenters. The van der Waals surface area contributed by atoms with Crippen molar-refractivity contribution in [2.24, 2.45) is 5.92 Å². The second kappa shape index (κ2) is 8.54. The average molecular weight is 404 g/mol. The van der Waals surface area contributed by atoms with Crippen LogP contribution in [0.5, 0.6) is 0 Å². The van der Waals surface area contributed by atoms with E-state index in [1.165, 1.54) is 42.5 Å². The van der Waals surface area contributed by atoms with Crippen molar-refractivity contribution < 1.29 is 9.59 Å². The molecule has 28 heavy (non-hydrogen) atoms. The Morgan fingerprint density at radius 2 is 1.75 bits per heavy atom. The Hall–Kier alpha value is -1.40. The number of rotatable bonds is 3. The van der Waals surface area contributed by atoms with E-state index in [0.29, 0.717) is 5.91 Å². The standard InChI is InChI=1S/C22H33N3O2S/c1-23(2)22(27)20-15-17-14-16(8-9-19(17)28-20)21(26)25-12-10-24(11-13-25)18-6-4-3-5-7-18/h15-16,18H,3-14H2,1-2H3. The van der Waals surface area contributed by atoms with Gasteiger partial charge in [0.15, 0.2) is 0 Å². The van der Waals surface area contributed by atoms with Crippen LogP contribution in [0, 0.1) is 5.92 Å². The lowest BCUT2D eigenvalue weighted by atomic mass is 9.87. The Balaban J connectivity index is 1.33. The molecule has 6 heteroatoms. The summed E-state index contributed by atoms with van der Waals surface area (Å²) in [5.41, 5.74) is 1.22. The van der Waals surface area contributed by atoms with Crippen LogP contribution in [0.2, 0.25) is 0 Å². The molecule has 3 aliphatic rings. The van der Waals surface area contributed by atoms with Gasteiger partial charge in [-0.15, -0.1) is 11.3 Å². The number of nitrogens with zero attached hydrogens (tertiary/aromatic N) is 3. The van der Waals surface area contributed by atoms with Crippen molar-refractivity contribution >= 4 is 23.2 Å². The molecule has 0 spiro atoms. The summed E-state index contributed by atoms with van der Waals surface area (Å²) in [6.45, 7) is 3.84. The first-order valence-electron chi connectivity index (χ1n) is 10.9. The highest BCUT2D eigenvalue weighted by molar-refractivity contribution is 7.14. The Morgan fingerprint density at radius 1 is 1.04 bits per heavy atom. The molecule has 1 unspecified atom stereocenters. The summed E-state index contributed by atoms with van der Waals surface area (Å²) in [5.74, 6) is 0.493. The maximum absolute atomic E-state index is 13.1. The number of thiophene rings is 1. The summed E-state index contributed by atoms with van der Waals surface area (Å²) in [7, 11) is 3.58. The molecule has 4 rings (SSSR count). The van der Waals surface area contributed by atoms with Crippen molar-refractivity contribution in [3.05, 3.63) is 21.4 Å². The predicted molar refractivity (Wildman–Crippen MR) is 113 cm³/mol. The van der Waals surface area contributed by atoms with Gasteiger partial charge < -0.3 is 9.80 Å². The molecule has 2 heterocycles. The van der Waals surface area contributed by atoms with E-state index < -0.39 is 0 Å². The molecule has 1 aromatic rings. The molecule has 2 aliphatic carbocycles. The molecule has 2 amide bonds. The second-order valence-electron chi connectivity index (χ2n) is 8.85. The molecule has 0 N–H and O–H groups in total. The first kappa shape index (κ1) is 19.9. The largest absolute Gasteiger partial charge is 0.344 e. The van der Waals surface area contributed by atoms with Crippen LogP contribution in [-0.2, 0) is 17.6 Å². The van der Waals surface area contributed by atoms with E-state index >= 15 is 0 Å². The van der Waals surface area contributed by atoms with Crippen LogP contribution in [-0.4, -0.2) is 72.8 Å². The normalized spacial score (nSPS) is 24.1. The molecule has 1 saturated heterocycles. The Bertz CT molecular complexity index is 715. The number of piperazine rings is 1. The summed E-state index contributed by atoms with van der Waals surface area (Å²) in [6, 6.07) is 2.78. The molecule has 1 aliphatic heterocycles. The van der Waals surface area contributed by atoms with E-state index in [2.05, 4.69) is 9.80 Å². The van der Waals surface area contributed by atoms with Crippen molar-refractivity contribution in [1.82, 2.24) is 14.7 Å². The van der Waals surface area contributed by atoms with Gasteiger partial charge in [0.25, 0.3) is 5.91 Å². The molecule has 0 aromatic carbocycles. The number of aryl methyl sites for hydroxylation is 1. The number of amides is 2. The molecule has 154 valence electrons. The zero-order valence-corrected chi connectivity index (χ0v) is 18.1. The Kier molecular flexibility index (Phi) is 6.07. The zero-order chi connectivity index (χ0) is 19.7. The van der Waals surface area contributed by atoms with Crippen LogP contribution in [0.25, 0.3) is 0 Å². The zero-order valence-electron chi connectivity index (χ0n) is 17.3. The SMILES string of the molecule is CN(C)C(=O)c1cc2c(s1)CCC(C(=O)N1CCN(C3CCCCC3)CC1)C2. The van der Waals surface area contributed by atoms with Gasteiger partial charge in [-0.3, -0.25) is 14.5 Å². The highest BCUT2D eigenvalue weighted by atomic mass is 32.1. The highest BCUT2D eigenvalue weighted by Crippen LogP contribution is 2.34. The summed E-state index contributed by atoms with van der Waals surface area (Å²) < 4.78 is 0. The molecule has 2 fully saturated rings. The fourth-order valence-electron chi connectivity index (χ4n) is 5.07. The highest BCUT2D eigenvalue weighted by Gasteiger charge is 2.33. The molecule has 1 aromatic heterocycles. The molecular formula is C22H33N3O2S. The van der Waals surface area contributed by atoms with Gasteiger partial charge in [0.05, 0.1) is 4.88 Å². The van der Waals surface area contributed by atoms with E-state index in [-0.39, 0.29) is 11.8 Å². The summed E-state index contributed by atoms with van der Waals surface area (Å²) in [4.78, 5) is 33.8. The second-order valence-corrected chi connectivity index (χ2v) is 9.99. The topological polar surface area (TPSA) is 43.9 Å². The molecule has 0 radical (unpaired) electrons. The minimum absolute atomic E-state index is 0.0705. The third-order valence-electron chi connectivity index (χ3n) is 6.77. The van der Waals surface area contributed by atoms with Gasteiger partial charge in [-0.05, 0) is 43.7 Å². The monoisotopic (exact) mass is 403 g/mol. The van der Waals surface area contributed by atoms with Crippen molar-refractivity contribution in [1.29, 1.82) is 0 Å². The lowest BCUT2D eigenvalue weighted by molar-refractivity contribution is -0.138. The first-order chi connectivity index (χ1) is 13.5. The number of hydrogen-bond acceptors (Lipinski definition) is 4.